The Morgan fingerprint density at radius 3 is 2.50 bits per heavy atom. The summed E-state index contributed by atoms with van der Waals surface area (Å²) in [6.07, 6.45) is -1.04. The topological polar surface area (TPSA) is 78.9 Å². The van der Waals surface area contributed by atoms with Crippen LogP contribution in [-0.4, -0.2) is 28.0 Å². The Bertz CT molecular complexity index is 90.5. The van der Waals surface area contributed by atoms with Crippen molar-refractivity contribution in [2.45, 2.75) is 13.2 Å². The zero-order valence-electron chi connectivity index (χ0n) is 4.48. The highest BCUT2D eigenvalue weighted by atomic mass is 16.5. The Morgan fingerprint density at radius 1 is 1.88 bits per heavy atom. The van der Waals surface area contributed by atoms with Gasteiger partial charge in [-0.3, -0.25) is 0 Å². The minimum atomic E-state index is -1.04. The monoisotopic (exact) mass is 120 g/mol. The van der Waals surface area contributed by atoms with Gasteiger partial charge in [0.25, 0.3) is 6.73 Å². The first kappa shape index (κ1) is 7.32. The number of hydrogen-bond donors (Lipinski definition) is 2. The van der Waals surface area contributed by atoms with E-state index < -0.39 is 13.0 Å². The highest BCUT2D eigenvalue weighted by Gasteiger charge is 1.94. The summed E-state index contributed by atoms with van der Waals surface area (Å²) in [5, 5.41) is 29.3. The van der Waals surface area contributed by atoms with Crippen LogP contribution in [0.4, 0.5) is 0 Å². The van der Waals surface area contributed by atoms with Crippen molar-refractivity contribution in [2.75, 3.05) is 6.73 Å². The molecule has 0 aromatic carbocycles. The fourth-order valence-corrected chi connectivity index (χ4v) is 0.223. The Balaban J connectivity index is 3.56. The normalized spacial score (nSPS) is 16.1. The molecule has 0 heterocycles. The number of nitrogens with zero attached hydrogens (tertiary/aromatic N) is 2. The van der Waals surface area contributed by atoms with Crippen molar-refractivity contribution in [3.8, 4) is 0 Å². The highest BCUT2D eigenvalue weighted by molar-refractivity contribution is 4.24. The van der Waals surface area contributed by atoms with Gasteiger partial charge in [-0.2, -0.15) is 0 Å². The van der Waals surface area contributed by atoms with E-state index in [1.54, 1.807) is 0 Å². The van der Waals surface area contributed by atoms with Crippen LogP contribution < -0.4 is 0 Å². The van der Waals surface area contributed by atoms with Gasteiger partial charge in [0.15, 0.2) is 0 Å². The van der Waals surface area contributed by atoms with E-state index in [1.165, 1.54) is 6.92 Å². The lowest BCUT2D eigenvalue weighted by molar-refractivity contribution is -0.572. The molecule has 5 heteroatoms. The van der Waals surface area contributed by atoms with Crippen molar-refractivity contribution < 1.29 is 15.1 Å². The number of azo groups is 1. The summed E-state index contributed by atoms with van der Waals surface area (Å²) in [4.78, 5) is 0.00463. The molecule has 48 valence electrons. The third kappa shape index (κ3) is 3.51. The zero-order valence-corrected chi connectivity index (χ0v) is 4.48. The zero-order chi connectivity index (χ0) is 6.57. The predicted molar refractivity (Wildman–Crippen MR) is 24.8 cm³/mol. The van der Waals surface area contributed by atoms with E-state index in [2.05, 4.69) is 5.11 Å². The summed E-state index contributed by atoms with van der Waals surface area (Å²) in [6, 6.07) is 0. The maximum atomic E-state index is 9.96. The summed E-state index contributed by atoms with van der Waals surface area (Å²) in [5.74, 6) is 0. The molecule has 0 aromatic rings. The molecule has 1 unspecified atom stereocenters. The molecule has 0 aromatic heterocycles. The lowest BCUT2D eigenvalue weighted by Gasteiger charge is -1.95. The van der Waals surface area contributed by atoms with Crippen LogP contribution in [0.25, 0.3) is 0 Å². The van der Waals surface area contributed by atoms with Gasteiger partial charge in [0.1, 0.15) is 0 Å². The molecule has 0 aliphatic carbocycles. The van der Waals surface area contributed by atoms with Crippen LogP contribution >= 0.6 is 0 Å². The molecular formula is C3H8N2O3. The van der Waals surface area contributed by atoms with E-state index in [4.69, 9.17) is 10.2 Å². The maximum Gasteiger partial charge on any atom is 0.281 e. The third-order valence-electron chi connectivity index (χ3n) is 0.417. The van der Waals surface area contributed by atoms with Crippen LogP contribution in [0.3, 0.4) is 0 Å². The second kappa shape index (κ2) is 3.34. The van der Waals surface area contributed by atoms with Gasteiger partial charge >= 0.3 is 0 Å². The van der Waals surface area contributed by atoms with Crippen LogP contribution in [0, 0.1) is 5.21 Å². The van der Waals surface area contributed by atoms with Gasteiger partial charge in [-0.15, -0.1) is 0 Å². The summed E-state index contributed by atoms with van der Waals surface area (Å²) in [6.45, 7) is 0.603. The molecule has 0 amide bonds. The van der Waals surface area contributed by atoms with Crippen molar-refractivity contribution >= 4 is 0 Å². The Kier molecular flexibility index (Phi) is 3.05. The van der Waals surface area contributed by atoms with Crippen molar-refractivity contribution in [3.05, 3.63) is 5.21 Å². The van der Waals surface area contributed by atoms with Gasteiger partial charge in [-0.05, 0) is 6.92 Å². The van der Waals surface area contributed by atoms with Gasteiger partial charge in [-0.1, -0.05) is 4.86 Å². The average molecular weight is 120 g/mol. The molecule has 2 N–H and O–H groups in total. The van der Waals surface area contributed by atoms with Crippen molar-refractivity contribution in [1.29, 1.82) is 0 Å². The molecule has 0 radical (unpaired) electrons. The molecule has 8 heavy (non-hydrogen) atoms. The number of aliphatic hydroxyl groups excluding tert-OH is 2. The largest absolute Gasteiger partial charge is 0.598 e. The molecule has 0 aliphatic rings. The molecule has 0 rings (SSSR count). The molecule has 0 aliphatic heterocycles. The lowest BCUT2D eigenvalue weighted by Crippen LogP contribution is -2.06. The molecule has 0 spiro atoms. The summed E-state index contributed by atoms with van der Waals surface area (Å²) >= 11 is 0. The van der Waals surface area contributed by atoms with Gasteiger partial charge in [0, 0.05) is 5.11 Å². The third-order valence-corrected chi connectivity index (χ3v) is 0.417. The average Bonchev–Trinajstić information content (AvgIpc) is 1.65. The summed E-state index contributed by atoms with van der Waals surface area (Å²) in [5.41, 5.74) is 0. The molecule has 0 saturated heterocycles. The standard InChI is InChI=1S/C3H8N2O3/c1-3(7)4-5(8)2-6/h3,6-7H,2H2,1H3. The number of rotatable bonds is 2. The van der Waals surface area contributed by atoms with E-state index in [1.807, 2.05) is 0 Å². The van der Waals surface area contributed by atoms with E-state index in [9.17, 15) is 5.21 Å². The van der Waals surface area contributed by atoms with Gasteiger partial charge in [0.05, 0.1) is 0 Å². The molecule has 0 saturated carbocycles. The Labute approximate surface area is 46.5 Å². The van der Waals surface area contributed by atoms with Gasteiger partial charge < -0.3 is 15.4 Å². The first-order valence-corrected chi connectivity index (χ1v) is 2.11. The van der Waals surface area contributed by atoms with Gasteiger partial charge in [0.2, 0.25) is 6.23 Å². The highest BCUT2D eigenvalue weighted by Crippen LogP contribution is 1.81. The quantitative estimate of drug-likeness (QED) is 0.217. The maximum absolute atomic E-state index is 9.96. The molecule has 1 atom stereocenters. The smallest absolute Gasteiger partial charge is 0.281 e. The van der Waals surface area contributed by atoms with Crippen LogP contribution in [0.1, 0.15) is 6.92 Å². The second-order valence-corrected chi connectivity index (χ2v) is 1.24. The lowest BCUT2D eigenvalue weighted by atomic mass is 10.7. The number of hydroxylamine groups is 1. The van der Waals surface area contributed by atoms with Crippen LogP contribution in [0.5, 0.6) is 0 Å². The SMILES string of the molecule is CC(O)N=[N+]([O-])CO. The predicted octanol–water partition coefficient (Wildman–Crippen LogP) is -0.763. The van der Waals surface area contributed by atoms with E-state index in [-0.39, 0.29) is 4.86 Å². The van der Waals surface area contributed by atoms with Crippen LogP contribution in [0.2, 0.25) is 0 Å². The van der Waals surface area contributed by atoms with Crippen molar-refractivity contribution in [1.82, 2.24) is 0 Å². The molecular weight excluding hydrogens is 112 g/mol. The van der Waals surface area contributed by atoms with Crippen molar-refractivity contribution in [3.63, 3.8) is 0 Å². The van der Waals surface area contributed by atoms with Crippen LogP contribution in [0.15, 0.2) is 5.11 Å². The van der Waals surface area contributed by atoms with Crippen LogP contribution in [-0.2, 0) is 0 Å². The number of hydrogen-bond acceptors (Lipinski definition) is 4. The van der Waals surface area contributed by atoms with E-state index in [0.29, 0.717) is 0 Å². The first-order valence-electron chi connectivity index (χ1n) is 2.11. The minimum absolute atomic E-state index is 0.00463. The molecule has 0 fully saturated rings. The summed E-state index contributed by atoms with van der Waals surface area (Å²) in [7, 11) is 0. The first-order chi connectivity index (χ1) is 3.66. The number of aliphatic hydroxyl groups is 2. The second-order valence-electron chi connectivity index (χ2n) is 1.24. The van der Waals surface area contributed by atoms with Crippen molar-refractivity contribution in [2.24, 2.45) is 5.11 Å². The minimum Gasteiger partial charge on any atom is -0.598 e. The van der Waals surface area contributed by atoms with E-state index in [0.717, 1.165) is 0 Å². The Morgan fingerprint density at radius 2 is 2.38 bits per heavy atom. The van der Waals surface area contributed by atoms with E-state index >= 15 is 0 Å². The summed E-state index contributed by atoms with van der Waals surface area (Å²) < 4.78 is 0. The molecule has 0 bridgehead atoms. The molecule has 5 nitrogen and oxygen atoms in total. The fraction of sp³-hybridized carbons (Fsp3) is 1.00. The Hall–Kier alpha value is -0.680. The van der Waals surface area contributed by atoms with Gasteiger partial charge in [-0.25, -0.2) is 0 Å². The fourth-order valence-electron chi connectivity index (χ4n) is 0.223.